The van der Waals surface area contributed by atoms with Crippen LogP contribution in [0.5, 0.6) is 0 Å². The van der Waals surface area contributed by atoms with Gasteiger partial charge in [0.05, 0.1) is 12.6 Å². The highest BCUT2D eigenvalue weighted by Gasteiger charge is 2.34. The Morgan fingerprint density at radius 1 is 1.29 bits per heavy atom. The van der Waals surface area contributed by atoms with Crippen molar-refractivity contribution in [2.45, 2.75) is 64.1 Å². The van der Waals surface area contributed by atoms with Gasteiger partial charge in [-0.05, 0) is 50.7 Å². The van der Waals surface area contributed by atoms with Crippen LogP contribution in [-0.2, 0) is 18.4 Å². The maximum atomic E-state index is 12.4. The Morgan fingerprint density at radius 3 is 2.86 bits per heavy atom. The van der Waals surface area contributed by atoms with Gasteiger partial charge in [-0.25, -0.2) is 0 Å². The smallest absolute Gasteiger partial charge is 0.237 e. The zero-order valence-corrected chi connectivity index (χ0v) is 13.2. The molecule has 116 valence electrons. The number of nitrogens with zero attached hydrogens (tertiary/aromatic N) is 1. The van der Waals surface area contributed by atoms with Gasteiger partial charge in [-0.1, -0.05) is 12.8 Å². The summed E-state index contributed by atoms with van der Waals surface area (Å²) in [5.41, 5.74) is 2.38. The van der Waals surface area contributed by atoms with Crippen LogP contribution >= 0.6 is 0 Å². The Labute approximate surface area is 127 Å². The predicted octanol–water partition coefficient (Wildman–Crippen LogP) is 2.26. The number of hydrogen-bond acceptors (Lipinski definition) is 2. The lowest BCUT2D eigenvalue weighted by Gasteiger charge is -2.39. The Balaban J connectivity index is 1.52. The second-order valence-corrected chi connectivity index (χ2v) is 6.69. The SMILES string of the molecule is Cc1ccc(CNC(=O)C2CCC3CCCCC3N2)n1C. The topological polar surface area (TPSA) is 46.1 Å². The van der Waals surface area contributed by atoms with Crippen LogP contribution in [-0.4, -0.2) is 22.6 Å². The van der Waals surface area contributed by atoms with Gasteiger partial charge in [-0.2, -0.15) is 0 Å². The predicted molar refractivity (Wildman–Crippen MR) is 83.9 cm³/mol. The van der Waals surface area contributed by atoms with E-state index >= 15 is 0 Å². The third-order valence-electron chi connectivity index (χ3n) is 5.39. The highest BCUT2D eigenvalue weighted by atomic mass is 16.2. The van der Waals surface area contributed by atoms with Crippen molar-refractivity contribution in [3.8, 4) is 0 Å². The Morgan fingerprint density at radius 2 is 2.10 bits per heavy atom. The molecule has 2 N–H and O–H groups in total. The molecule has 3 rings (SSSR count). The number of rotatable bonds is 3. The number of aryl methyl sites for hydroxylation is 1. The van der Waals surface area contributed by atoms with Crippen molar-refractivity contribution in [2.75, 3.05) is 0 Å². The van der Waals surface area contributed by atoms with Crippen molar-refractivity contribution in [3.63, 3.8) is 0 Å². The molecule has 1 amide bonds. The van der Waals surface area contributed by atoms with E-state index in [-0.39, 0.29) is 11.9 Å². The summed E-state index contributed by atoms with van der Waals surface area (Å²) in [6.45, 7) is 2.70. The van der Waals surface area contributed by atoms with Crippen LogP contribution < -0.4 is 10.6 Å². The molecule has 3 unspecified atom stereocenters. The summed E-state index contributed by atoms with van der Waals surface area (Å²) in [5.74, 6) is 0.969. The average molecular weight is 289 g/mol. The van der Waals surface area contributed by atoms with Gasteiger partial charge in [0.15, 0.2) is 0 Å². The molecule has 0 bridgehead atoms. The standard InChI is InChI=1S/C17H27N3O/c1-12-7-9-14(20(12)2)11-18-17(21)16-10-8-13-5-3-4-6-15(13)19-16/h7,9,13,15-16,19H,3-6,8,10-11H2,1-2H3,(H,18,21). The maximum Gasteiger partial charge on any atom is 0.237 e. The molecule has 1 saturated carbocycles. The number of amides is 1. The van der Waals surface area contributed by atoms with Crippen molar-refractivity contribution in [2.24, 2.45) is 13.0 Å². The van der Waals surface area contributed by atoms with Crippen molar-refractivity contribution >= 4 is 5.91 Å². The molecule has 2 fully saturated rings. The fourth-order valence-electron chi connectivity index (χ4n) is 3.85. The van der Waals surface area contributed by atoms with E-state index < -0.39 is 0 Å². The zero-order valence-electron chi connectivity index (χ0n) is 13.2. The van der Waals surface area contributed by atoms with Gasteiger partial charge in [-0.15, -0.1) is 0 Å². The van der Waals surface area contributed by atoms with Crippen molar-refractivity contribution in [3.05, 3.63) is 23.5 Å². The van der Waals surface area contributed by atoms with E-state index in [0.717, 1.165) is 18.0 Å². The van der Waals surface area contributed by atoms with Gasteiger partial charge in [0.1, 0.15) is 0 Å². The van der Waals surface area contributed by atoms with E-state index in [0.29, 0.717) is 12.6 Å². The number of carbonyl (C=O) groups excluding carboxylic acids is 1. The maximum absolute atomic E-state index is 12.4. The van der Waals surface area contributed by atoms with E-state index in [9.17, 15) is 4.79 Å². The largest absolute Gasteiger partial charge is 0.350 e. The lowest BCUT2D eigenvalue weighted by molar-refractivity contribution is -0.124. The summed E-state index contributed by atoms with van der Waals surface area (Å²) in [6, 6.07) is 4.75. The molecule has 0 radical (unpaired) electrons. The van der Waals surface area contributed by atoms with Crippen molar-refractivity contribution < 1.29 is 4.79 Å². The van der Waals surface area contributed by atoms with E-state index in [1.54, 1.807) is 0 Å². The highest BCUT2D eigenvalue weighted by molar-refractivity contribution is 5.81. The first kappa shape index (κ1) is 14.6. The number of carbonyl (C=O) groups is 1. The molecule has 0 spiro atoms. The number of hydrogen-bond donors (Lipinski definition) is 2. The fourth-order valence-corrected chi connectivity index (χ4v) is 3.85. The van der Waals surface area contributed by atoms with Crippen LogP contribution in [0.15, 0.2) is 12.1 Å². The van der Waals surface area contributed by atoms with Crippen LogP contribution in [0.25, 0.3) is 0 Å². The molecule has 1 aliphatic heterocycles. The summed E-state index contributed by atoms with van der Waals surface area (Å²) in [4.78, 5) is 12.4. The summed E-state index contributed by atoms with van der Waals surface area (Å²) in [7, 11) is 2.04. The molecule has 1 saturated heterocycles. The number of fused-ring (bicyclic) bond motifs is 1. The van der Waals surface area contributed by atoms with Crippen LogP contribution in [0.1, 0.15) is 49.9 Å². The van der Waals surface area contributed by atoms with Gasteiger partial charge in [-0.3, -0.25) is 4.79 Å². The molecule has 0 aromatic carbocycles. The first-order valence-electron chi connectivity index (χ1n) is 8.30. The van der Waals surface area contributed by atoms with E-state index in [1.165, 1.54) is 37.8 Å². The molecule has 3 atom stereocenters. The zero-order chi connectivity index (χ0) is 14.8. The third-order valence-corrected chi connectivity index (χ3v) is 5.39. The molecule has 2 heterocycles. The summed E-state index contributed by atoms with van der Waals surface area (Å²) >= 11 is 0. The van der Waals surface area contributed by atoms with Crippen LogP contribution in [0.4, 0.5) is 0 Å². The summed E-state index contributed by atoms with van der Waals surface area (Å²) in [6.07, 6.45) is 7.45. The summed E-state index contributed by atoms with van der Waals surface area (Å²) in [5, 5.41) is 6.69. The molecular formula is C17H27N3O. The van der Waals surface area contributed by atoms with Gasteiger partial charge < -0.3 is 15.2 Å². The second-order valence-electron chi connectivity index (χ2n) is 6.69. The number of piperidine rings is 1. The molecule has 4 nitrogen and oxygen atoms in total. The molecule has 1 aromatic rings. The van der Waals surface area contributed by atoms with Crippen molar-refractivity contribution in [1.82, 2.24) is 15.2 Å². The molecule has 21 heavy (non-hydrogen) atoms. The Hall–Kier alpha value is -1.29. The quantitative estimate of drug-likeness (QED) is 0.896. The monoisotopic (exact) mass is 289 g/mol. The second kappa shape index (κ2) is 6.22. The van der Waals surface area contributed by atoms with Crippen LogP contribution in [0.3, 0.4) is 0 Å². The third kappa shape index (κ3) is 3.15. The molecular weight excluding hydrogens is 262 g/mol. The minimum atomic E-state index is 0.00529. The number of nitrogens with one attached hydrogen (secondary N) is 2. The van der Waals surface area contributed by atoms with Gasteiger partial charge >= 0.3 is 0 Å². The minimum Gasteiger partial charge on any atom is -0.350 e. The first-order valence-corrected chi connectivity index (χ1v) is 8.30. The van der Waals surface area contributed by atoms with Crippen molar-refractivity contribution in [1.29, 1.82) is 0 Å². The van der Waals surface area contributed by atoms with Crippen LogP contribution in [0, 0.1) is 12.8 Å². The number of aromatic nitrogens is 1. The fraction of sp³-hybridized carbons (Fsp3) is 0.706. The van der Waals surface area contributed by atoms with Gasteiger partial charge in [0.2, 0.25) is 5.91 Å². The average Bonchev–Trinajstić information content (AvgIpc) is 2.84. The minimum absolute atomic E-state index is 0.00529. The first-order chi connectivity index (χ1) is 10.1. The molecule has 1 aliphatic carbocycles. The van der Waals surface area contributed by atoms with E-state index in [2.05, 4.69) is 34.3 Å². The van der Waals surface area contributed by atoms with Gasteiger partial charge in [0, 0.05) is 24.5 Å². The normalized spacial score (nSPS) is 29.0. The summed E-state index contributed by atoms with van der Waals surface area (Å²) < 4.78 is 2.13. The highest BCUT2D eigenvalue weighted by Crippen LogP contribution is 2.32. The van der Waals surface area contributed by atoms with Gasteiger partial charge in [0.25, 0.3) is 0 Å². The molecule has 1 aromatic heterocycles. The lowest BCUT2D eigenvalue weighted by atomic mass is 9.77. The lowest BCUT2D eigenvalue weighted by Crippen LogP contribution is -2.54. The van der Waals surface area contributed by atoms with Crippen LogP contribution in [0.2, 0.25) is 0 Å². The van der Waals surface area contributed by atoms with E-state index in [4.69, 9.17) is 0 Å². The molecule has 2 aliphatic rings. The Bertz CT molecular complexity index is 508. The van der Waals surface area contributed by atoms with E-state index in [1.807, 2.05) is 7.05 Å². The molecule has 4 heteroatoms. The Kier molecular flexibility index (Phi) is 4.34.